The molecule has 7 heteroatoms. The van der Waals surface area contributed by atoms with Crippen LogP contribution >= 0.6 is 0 Å². The highest BCUT2D eigenvalue weighted by Crippen LogP contribution is 2.34. The van der Waals surface area contributed by atoms with E-state index in [1.54, 1.807) is 18.2 Å². The molecule has 0 radical (unpaired) electrons. The standard InChI is InChI=1S/C17H15FN4O2/c1-19-15-6-12(14-5-3-4-11(10-23)16(14)18)7-20-17(15)22-8-13(9-22)21-24-2/h3-7,23H,8-10H2,2H3. The molecule has 122 valence electrons. The third-order valence-electron chi connectivity index (χ3n) is 3.79. The highest BCUT2D eigenvalue weighted by atomic mass is 19.1. The van der Waals surface area contributed by atoms with Crippen LogP contribution in [0.3, 0.4) is 0 Å². The zero-order valence-electron chi connectivity index (χ0n) is 13.0. The maximum atomic E-state index is 14.4. The van der Waals surface area contributed by atoms with Gasteiger partial charge >= 0.3 is 0 Å². The molecule has 1 fully saturated rings. The predicted octanol–water partition coefficient (Wildman–Crippen LogP) is 2.75. The minimum atomic E-state index is -0.496. The van der Waals surface area contributed by atoms with Crippen LogP contribution < -0.4 is 4.90 Å². The molecule has 2 heterocycles. The van der Waals surface area contributed by atoms with Gasteiger partial charge in [0, 0.05) is 17.3 Å². The largest absolute Gasteiger partial charge is 0.399 e. The number of aromatic nitrogens is 1. The van der Waals surface area contributed by atoms with Gasteiger partial charge in [-0.3, -0.25) is 4.98 Å². The number of aliphatic hydroxyl groups excluding tert-OH is 1. The molecule has 0 atom stereocenters. The number of aliphatic hydroxyl groups is 1. The Morgan fingerprint density at radius 3 is 2.92 bits per heavy atom. The minimum absolute atomic E-state index is 0.212. The zero-order chi connectivity index (χ0) is 17.1. The summed E-state index contributed by atoms with van der Waals surface area (Å²) in [6.45, 7) is 8.10. The van der Waals surface area contributed by atoms with Crippen LogP contribution in [0.25, 0.3) is 16.0 Å². The van der Waals surface area contributed by atoms with Crippen molar-refractivity contribution in [2.75, 3.05) is 25.1 Å². The van der Waals surface area contributed by atoms with Gasteiger partial charge in [0.15, 0.2) is 0 Å². The van der Waals surface area contributed by atoms with Crippen LogP contribution in [0.1, 0.15) is 5.56 Å². The molecule has 0 amide bonds. The van der Waals surface area contributed by atoms with Crippen molar-refractivity contribution < 1.29 is 14.3 Å². The van der Waals surface area contributed by atoms with E-state index in [2.05, 4.69) is 15.0 Å². The third-order valence-corrected chi connectivity index (χ3v) is 3.79. The summed E-state index contributed by atoms with van der Waals surface area (Å²) in [6, 6.07) is 6.40. The maximum Gasteiger partial charge on any atom is 0.229 e. The summed E-state index contributed by atoms with van der Waals surface area (Å²) in [4.78, 5) is 14.4. The van der Waals surface area contributed by atoms with E-state index < -0.39 is 5.82 Å². The molecule has 1 saturated heterocycles. The first-order valence-electron chi connectivity index (χ1n) is 7.28. The van der Waals surface area contributed by atoms with Crippen molar-refractivity contribution in [2.45, 2.75) is 6.61 Å². The van der Waals surface area contributed by atoms with Gasteiger partial charge in [-0.1, -0.05) is 23.4 Å². The van der Waals surface area contributed by atoms with Crippen LogP contribution in [0.4, 0.5) is 15.9 Å². The molecule has 0 saturated carbocycles. The summed E-state index contributed by atoms with van der Waals surface area (Å²) in [6.07, 6.45) is 1.54. The lowest BCUT2D eigenvalue weighted by molar-refractivity contribution is 0.211. The zero-order valence-corrected chi connectivity index (χ0v) is 13.0. The Balaban J connectivity index is 1.94. The fourth-order valence-electron chi connectivity index (χ4n) is 2.57. The molecule has 0 unspecified atom stereocenters. The van der Waals surface area contributed by atoms with Gasteiger partial charge in [0.25, 0.3) is 0 Å². The van der Waals surface area contributed by atoms with Crippen molar-refractivity contribution in [2.24, 2.45) is 5.16 Å². The number of anilines is 1. The number of benzene rings is 1. The predicted molar refractivity (Wildman–Crippen MR) is 88.5 cm³/mol. The SMILES string of the molecule is [C-]#[N+]c1cc(-c2cccc(CO)c2F)cnc1N1CC(=NOC)C1. The maximum absolute atomic E-state index is 14.4. The molecule has 0 spiro atoms. The highest BCUT2D eigenvalue weighted by molar-refractivity contribution is 6.00. The monoisotopic (exact) mass is 326 g/mol. The van der Waals surface area contributed by atoms with E-state index in [1.807, 2.05) is 4.90 Å². The number of rotatable bonds is 4. The fourth-order valence-corrected chi connectivity index (χ4v) is 2.57. The molecule has 1 aliphatic heterocycles. The Bertz CT molecular complexity index is 837. The first kappa shape index (κ1) is 15.9. The number of halogens is 1. The molecule has 1 aliphatic rings. The normalized spacial score (nSPS) is 13.2. The molecule has 0 aliphatic carbocycles. The number of hydrogen-bond acceptors (Lipinski definition) is 5. The van der Waals surface area contributed by atoms with Gasteiger partial charge in [-0.05, 0) is 11.6 Å². The Kier molecular flexibility index (Phi) is 4.40. The summed E-state index contributed by atoms with van der Waals surface area (Å²) in [7, 11) is 1.49. The molecular formula is C17H15FN4O2. The number of oxime groups is 1. The van der Waals surface area contributed by atoms with Crippen molar-refractivity contribution in [3.63, 3.8) is 0 Å². The van der Waals surface area contributed by atoms with E-state index in [4.69, 9.17) is 11.4 Å². The number of hydrogen-bond donors (Lipinski definition) is 1. The van der Waals surface area contributed by atoms with E-state index in [1.165, 1.54) is 19.4 Å². The van der Waals surface area contributed by atoms with E-state index in [-0.39, 0.29) is 12.2 Å². The average molecular weight is 326 g/mol. The Labute approximate surface area is 138 Å². The summed E-state index contributed by atoms with van der Waals surface area (Å²) in [5.74, 6) is 0.0477. The van der Waals surface area contributed by atoms with Gasteiger partial charge in [-0.15, -0.1) is 0 Å². The van der Waals surface area contributed by atoms with Crippen LogP contribution in [0, 0.1) is 12.4 Å². The van der Waals surface area contributed by atoms with Crippen LogP contribution in [-0.2, 0) is 11.4 Å². The smallest absolute Gasteiger partial charge is 0.229 e. The molecule has 3 rings (SSSR count). The second kappa shape index (κ2) is 6.64. The van der Waals surface area contributed by atoms with Gasteiger partial charge in [0.05, 0.1) is 32.0 Å². The second-order valence-electron chi connectivity index (χ2n) is 5.31. The first-order chi connectivity index (χ1) is 11.7. The summed E-state index contributed by atoms with van der Waals surface area (Å²) in [5, 5.41) is 13.0. The lowest BCUT2D eigenvalue weighted by Crippen LogP contribution is -2.48. The van der Waals surface area contributed by atoms with Crippen molar-refractivity contribution in [3.05, 3.63) is 53.3 Å². The van der Waals surface area contributed by atoms with Crippen LogP contribution in [0.5, 0.6) is 0 Å². The molecule has 2 aromatic rings. The van der Waals surface area contributed by atoms with Crippen molar-refractivity contribution >= 4 is 17.2 Å². The van der Waals surface area contributed by atoms with Crippen molar-refractivity contribution in [1.82, 2.24) is 4.98 Å². The molecule has 1 aromatic heterocycles. The Hall–Kier alpha value is -2.98. The highest BCUT2D eigenvalue weighted by Gasteiger charge is 2.26. The van der Waals surface area contributed by atoms with Gasteiger partial charge in [0.2, 0.25) is 5.69 Å². The molecule has 0 bridgehead atoms. The van der Waals surface area contributed by atoms with Crippen molar-refractivity contribution in [1.29, 1.82) is 0 Å². The van der Waals surface area contributed by atoms with E-state index in [0.717, 1.165) is 5.71 Å². The third kappa shape index (κ3) is 2.79. The second-order valence-corrected chi connectivity index (χ2v) is 5.31. The Morgan fingerprint density at radius 1 is 1.46 bits per heavy atom. The lowest BCUT2D eigenvalue weighted by Gasteiger charge is -2.33. The Morgan fingerprint density at radius 2 is 2.25 bits per heavy atom. The fraction of sp³-hybridized carbons (Fsp3) is 0.235. The topological polar surface area (TPSA) is 62.3 Å². The van der Waals surface area contributed by atoms with E-state index in [0.29, 0.717) is 35.7 Å². The number of pyridine rings is 1. The molecule has 1 N–H and O–H groups in total. The van der Waals surface area contributed by atoms with Crippen LogP contribution in [0.15, 0.2) is 35.6 Å². The van der Waals surface area contributed by atoms with Crippen molar-refractivity contribution in [3.8, 4) is 11.1 Å². The molecule has 1 aromatic carbocycles. The summed E-state index contributed by atoms with van der Waals surface area (Å²) < 4.78 is 14.4. The quantitative estimate of drug-likeness (QED) is 0.693. The molecule has 6 nitrogen and oxygen atoms in total. The minimum Gasteiger partial charge on any atom is -0.399 e. The lowest BCUT2D eigenvalue weighted by atomic mass is 10.0. The van der Waals surface area contributed by atoms with Gasteiger partial charge < -0.3 is 14.8 Å². The molecular weight excluding hydrogens is 311 g/mol. The van der Waals surface area contributed by atoms with Crippen LogP contribution in [-0.4, -0.2) is 36.0 Å². The van der Waals surface area contributed by atoms with Gasteiger partial charge in [-0.25, -0.2) is 9.24 Å². The van der Waals surface area contributed by atoms with E-state index in [9.17, 15) is 9.50 Å². The van der Waals surface area contributed by atoms with Crippen LogP contribution in [0.2, 0.25) is 0 Å². The number of nitrogens with zero attached hydrogens (tertiary/aromatic N) is 4. The van der Waals surface area contributed by atoms with E-state index >= 15 is 0 Å². The first-order valence-corrected chi connectivity index (χ1v) is 7.28. The average Bonchev–Trinajstić information content (AvgIpc) is 2.57. The molecule has 24 heavy (non-hydrogen) atoms. The van der Waals surface area contributed by atoms with Gasteiger partial charge in [-0.2, -0.15) is 0 Å². The van der Waals surface area contributed by atoms with Gasteiger partial charge in [0.1, 0.15) is 18.7 Å². The summed E-state index contributed by atoms with van der Waals surface area (Å²) in [5.41, 5.74) is 2.25. The summed E-state index contributed by atoms with van der Waals surface area (Å²) >= 11 is 0.